The fourth-order valence-corrected chi connectivity index (χ4v) is 4.71. The van der Waals surface area contributed by atoms with Crippen LogP contribution in [0.3, 0.4) is 0 Å². The Morgan fingerprint density at radius 1 is 1.21 bits per heavy atom. The maximum atomic E-state index is 13.0. The zero-order chi connectivity index (χ0) is 16.5. The van der Waals surface area contributed by atoms with E-state index < -0.39 is 0 Å². The summed E-state index contributed by atoms with van der Waals surface area (Å²) in [6.45, 7) is 0.769. The van der Waals surface area contributed by atoms with Gasteiger partial charge in [0.05, 0.1) is 15.9 Å². The molecule has 2 fully saturated rings. The van der Waals surface area contributed by atoms with Crippen molar-refractivity contribution in [2.24, 2.45) is 5.92 Å². The number of carbonyl (C=O) groups is 2. The number of carbonyl (C=O) groups excluding carboxylic acids is 2. The monoisotopic (exact) mass is 361 g/mol. The van der Waals surface area contributed by atoms with Crippen LogP contribution in [0, 0.1) is 5.92 Å². The van der Waals surface area contributed by atoms with Crippen molar-refractivity contribution >= 4 is 39.5 Å². The third-order valence-electron chi connectivity index (χ3n) is 4.51. The smallest absolute Gasteiger partial charge is 0.264 e. The molecule has 1 atom stereocenters. The molecular weight excluding hydrogens is 342 g/mol. The quantitative estimate of drug-likeness (QED) is 0.898. The average molecular weight is 361 g/mol. The number of rotatable bonds is 4. The van der Waals surface area contributed by atoms with Crippen molar-refractivity contribution in [3.63, 3.8) is 0 Å². The summed E-state index contributed by atoms with van der Waals surface area (Å²) < 4.78 is 0. The van der Waals surface area contributed by atoms with Crippen LogP contribution in [0.4, 0.5) is 5.00 Å². The maximum Gasteiger partial charge on any atom is 0.264 e. The Bertz CT molecular complexity index is 737. The first-order chi connectivity index (χ1) is 11.7. The van der Waals surface area contributed by atoms with Crippen molar-refractivity contribution in [1.82, 2.24) is 9.88 Å². The van der Waals surface area contributed by atoms with Gasteiger partial charge in [0.2, 0.25) is 5.91 Å². The Balaban J connectivity index is 1.49. The van der Waals surface area contributed by atoms with Gasteiger partial charge < -0.3 is 10.2 Å². The third kappa shape index (κ3) is 3.23. The number of aromatic nitrogens is 1. The summed E-state index contributed by atoms with van der Waals surface area (Å²) in [6, 6.07) is 3.74. The molecule has 1 saturated carbocycles. The Morgan fingerprint density at radius 3 is 2.83 bits per heavy atom. The van der Waals surface area contributed by atoms with Gasteiger partial charge in [-0.25, -0.2) is 4.98 Å². The summed E-state index contributed by atoms with van der Waals surface area (Å²) >= 11 is 2.98. The minimum Gasteiger partial charge on any atom is -0.328 e. The molecule has 24 heavy (non-hydrogen) atoms. The van der Waals surface area contributed by atoms with E-state index in [9.17, 15) is 9.59 Å². The molecule has 0 bridgehead atoms. The van der Waals surface area contributed by atoms with Crippen LogP contribution in [-0.4, -0.2) is 28.2 Å². The molecule has 1 aliphatic heterocycles. The van der Waals surface area contributed by atoms with Crippen molar-refractivity contribution in [3.05, 3.63) is 33.6 Å². The number of nitrogens with one attached hydrogen (secondary N) is 1. The second kappa shape index (κ2) is 6.64. The van der Waals surface area contributed by atoms with Crippen molar-refractivity contribution in [3.8, 4) is 0 Å². The lowest BCUT2D eigenvalue weighted by atomic mass is 10.0. The summed E-state index contributed by atoms with van der Waals surface area (Å²) in [5.41, 5.74) is 0. The molecule has 0 aromatic carbocycles. The predicted molar refractivity (Wildman–Crippen MR) is 95.4 cm³/mol. The van der Waals surface area contributed by atoms with Crippen molar-refractivity contribution in [1.29, 1.82) is 0 Å². The summed E-state index contributed by atoms with van der Waals surface area (Å²) in [6.07, 6.45) is 6.88. The summed E-state index contributed by atoms with van der Waals surface area (Å²) in [7, 11) is 0. The number of piperidine rings is 1. The highest BCUT2D eigenvalue weighted by Crippen LogP contribution is 2.35. The topological polar surface area (TPSA) is 62.3 Å². The molecule has 0 spiro atoms. The van der Waals surface area contributed by atoms with Gasteiger partial charge in [-0.15, -0.1) is 22.7 Å². The molecule has 5 nitrogen and oxygen atoms in total. The zero-order valence-electron chi connectivity index (χ0n) is 13.2. The van der Waals surface area contributed by atoms with E-state index in [1.165, 1.54) is 11.3 Å². The molecule has 126 valence electrons. The molecule has 2 aromatic rings. The molecule has 1 saturated heterocycles. The van der Waals surface area contributed by atoms with Gasteiger partial charge in [0.15, 0.2) is 0 Å². The lowest BCUT2D eigenvalue weighted by Crippen LogP contribution is -2.38. The number of thiazole rings is 1. The van der Waals surface area contributed by atoms with Crippen molar-refractivity contribution in [2.75, 3.05) is 11.9 Å². The third-order valence-corrected chi connectivity index (χ3v) is 6.38. The molecule has 3 heterocycles. The first-order valence-electron chi connectivity index (χ1n) is 8.33. The van der Waals surface area contributed by atoms with Gasteiger partial charge in [-0.2, -0.15) is 0 Å². The number of thiophene rings is 1. The minimum absolute atomic E-state index is 0.0480. The Hall–Kier alpha value is -1.73. The molecule has 2 aromatic heterocycles. The molecule has 1 N–H and O–H groups in total. The number of amides is 2. The van der Waals surface area contributed by atoms with Crippen LogP contribution in [0.15, 0.2) is 23.7 Å². The SMILES string of the molecule is O=C(Nc1ccc(C(=O)N2CCCCC2c2nccs2)s1)C1CC1. The van der Waals surface area contributed by atoms with Crippen LogP contribution in [0.1, 0.15) is 52.8 Å². The van der Waals surface area contributed by atoms with Crippen LogP contribution >= 0.6 is 22.7 Å². The van der Waals surface area contributed by atoms with E-state index in [0.717, 1.165) is 48.7 Å². The Labute approximate surface area is 148 Å². The maximum absolute atomic E-state index is 13.0. The van der Waals surface area contributed by atoms with Crippen LogP contribution < -0.4 is 5.32 Å². The summed E-state index contributed by atoms with van der Waals surface area (Å²) in [5.74, 6) is 0.295. The lowest BCUT2D eigenvalue weighted by molar-refractivity contribution is -0.117. The van der Waals surface area contributed by atoms with Crippen molar-refractivity contribution < 1.29 is 9.59 Å². The highest BCUT2D eigenvalue weighted by Gasteiger charge is 2.32. The molecule has 1 unspecified atom stereocenters. The highest BCUT2D eigenvalue weighted by atomic mass is 32.1. The second-order valence-electron chi connectivity index (χ2n) is 6.31. The fourth-order valence-electron chi connectivity index (χ4n) is 3.06. The summed E-state index contributed by atoms with van der Waals surface area (Å²) in [5, 5.41) is 6.66. The van der Waals surface area contributed by atoms with E-state index in [2.05, 4.69) is 10.3 Å². The molecule has 1 aliphatic carbocycles. The standard InChI is InChI=1S/C17H19N3O2S2/c21-15(11-4-5-11)19-14-7-6-13(24-14)17(22)20-9-2-1-3-12(20)16-18-8-10-23-16/h6-8,10-12H,1-5,9H2,(H,19,21). The average Bonchev–Trinajstić information content (AvgIpc) is 3.12. The van der Waals surface area contributed by atoms with Gasteiger partial charge in [-0.1, -0.05) is 0 Å². The van der Waals surface area contributed by atoms with Crippen LogP contribution in [0.25, 0.3) is 0 Å². The predicted octanol–water partition coefficient (Wildman–Crippen LogP) is 3.92. The molecule has 2 aliphatic rings. The van der Waals surface area contributed by atoms with Gasteiger partial charge in [-0.05, 0) is 44.2 Å². The number of hydrogen-bond donors (Lipinski definition) is 1. The van der Waals surface area contributed by atoms with Crippen molar-refractivity contribution in [2.45, 2.75) is 38.1 Å². The van der Waals surface area contributed by atoms with Crippen LogP contribution in [0.2, 0.25) is 0 Å². The van der Waals surface area contributed by atoms with Gasteiger partial charge in [0.25, 0.3) is 5.91 Å². The van der Waals surface area contributed by atoms with E-state index in [4.69, 9.17) is 0 Å². The molecule has 0 radical (unpaired) electrons. The largest absolute Gasteiger partial charge is 0.328 e. The second-order valence-corrected chi connectivity index (χ2v) is 8.32. The van der Waals surface area contributed by atoms with E-state index in [1.54, 1.807) is 17.5 Å². The van der Waals surface area contributed by atoms with Gasteiger partial charge >= 0.3 is 0 Å². The first-order valence-corrected chi connectivity index (χ1v) is 10.0. The van der Waals surface area contributed by atoms with E-state index in [0.29, 0.717) is 4.88 Å². The van der Waals surface area contributed by atoms with E-state index in [1.807, 2.05) is 22.4 Å². The minimum atomic E-state index is 0.0480. The van der Waals surface area contributed by atoms with Gasteiger partial charge in [0.1, 0.15) is 5.01 Å². The van der Waals surface area contributed by atoms with Gasteiger partial charge in [-0.3, -0.25) is 9.59 Å². The van der Waals surface area contributed by atoms with E-state index in [-0.39, 0.29) is 23.8 Å². The molecular formula is C17H19N3O2S2. The fraction of sp³-hybridized carbons (Fsp3) is 0.471. The zero-order valence-corrected chi connectivity index (χ0v) is 14.9. The normalized spacial score (nSPS) is 20.8. The summed E-state index contributed by atoms with van der Waals surface area (Å²) in [4.78, 5) is 31.8. The first kappa shape index (κ1) is 15.8. The Kier molecular flexibility index (Phi) is 4.37. The molecule has 4 rings (SSSR count). The van der Waals surface area contributed by atoms with Gasteiger partial charge in [0, 0.05) is 24.0 Å². The number of anilines is 1. The molecule has 2 amide bonds. The number of nitrogens with zero attached hydrogens (tertiary/aromatic N) is 2. The highest BCUT2D eigenvalue weighted by molar-refractivity contribution is 7.18. The lowest BCUT2D eigenvalue weighted by Gasteiger charge is -2.34. The molecule has 7 heteroatoms. The number of likely N-dealkylation sites (tertiary alicyclic amines) is 1. The van der Waals surface area contributed by atoms with E-state index >= 15 is 0 Å². The number of hydrogen-bond acceptors (Lipinski definition) is 5. The van der Waals surface area contributed by atoms with Crippen LogP contribution in [0.5, 0.6) is 0 Å². The van der Waals surface area contributed by atoms with Crippen LogP contribution in [-0.2, 0) is 4.79 Å². The Morgan fingerprint density at radius 2 is 2.08 bits per heavy atom.